The monoisotopic (exact) mass is 457 g/mol. The van der Waals surface area contributed by atoms with Gasteiger partial charge in [-0.3, -0.25) is 14.9 Å². The molecule has 0 bridgehead atoms. The number of carbonyl (C=O) groups is 1. The molecule has 2 aromatic carbocycles. The zero-order valence-electron chi connectivity index (χ0n) is 13.6. The second-order valence-electron chi connectivity index (χ2n) is 5.70. The van der Waals surface area contributed by atoms with Crippen LogP contribution in [0.1, 0.15) is 11.3 Å². The summed E-state index contributed by atoms with van der Waals surface area (Å²) in [6.07, 6.45) is 1.52. The maximum atomic E-state index is 12.7. The Hall–Kier alpha value is -2.88. The van der Waals surface area contributed by atoms with Gasteiger partial charge in [0.25, 0.3) is 5.56 Å². The summed E-state index contributed by atoms with van der Waals surface area (Å²) in [4.78, 5) is 35.8. The Labute approximate surface area is 161 Å². The van der Waals surface area contributed by atoms with Gasteiger partial charge in [-0.05, 0) is 72.0 Å². The van der Waals surface area contributed by atoms with Crippen molar-refractivity contribution in [1.29, 1.82) is 0 Å². The van der Waals surface area contributed by atoms with Gasteiger partial charge in [0.1, 0.15) is 0 Å². The number of aromatic amines is 1. The average Bonchev–Trinajstić information content (AvgIpc) is 3.12. The lowest BCUT2D eigenvalue weighted by molar-refractivity contribution is 0.256. The molecule has 0 radical (unpaired) electrons. The van der Waals surface area contributed by atoms with Gasteiger partial charge in [-0.2, -0.15) is 9.98 Å². The van der Waals surface area contributed by atoms with E-state index < -0.39 is 6.03 Å². The molecule has 0 atom stereocenters. The molecule has 1 aliphatic rings. The third-order valence-corrected chi connectivity index (χ3v) is 4.65. The van der Waals surface area contributed by atoms with Crippen molar-refractivity contribution >= 4 is 40.5 Å². The number of aryl methyl sites for hydroxylation is 1. The fourth-order valence-corrected chi connectivity index (χ4v) is 2.99. The summed E-state index contributed by atoms with van der Waals surface area (Å²) < 4.78 is 2.58. The zero-order valence-corrected chi connectivity index (χ0v) is 15.8. The molecule has 1 N–H and O–H groups in total. The zero-order chi connectivity index (χ0) is 18.3. The number of nitrogens with one attached hydrogen (secondary N) is 1. The van der Waals surface area contributed by atoms with E-state index in [1.807, 2.05) is 31.2 Å². The fraction of sp³-hybridized carbons (Fsp3) is 0.0556. The number of halogens is 1. The molecule has 0 fully saturated rings. The summed E-state index contributed by atoms with van der Waals surface area (Å²) in [5.41, 5.74) is 2.37. The molecule has 2 heterocycles. The van der Waals surface area contributed by atoms with E-state index in [9.17, 15) is 9.59 Å². The largest absolute Gasteiger partial charge is 0.368 e. The first kappa shape index (κ1) is 16.6. The summed E-state index contributed by atoms with van der Waals surface area (Å²) in [6.45, 7) is 1.82. The van der Waals surface area contributed by atoms with Crippen LogP contribution in [0.15, 0.2) is 62.2 Å². The van der Waals surface area contributed by atoms with E-state index >= 15 is 0 Å². The Bertz CT molecular complexity index is 1240. The van der Waals surface area contributed by atoms with Crippen molar-refractivity contribution in [2.75, 3.05) is 0 Å². The number of aliphatic imine (C=N–C) groups is 1. The van der Waals surface area contributed by atoms with E-state index in [0.717, 1.165) is 9.26 Å². The third kappa shape index (κ3) is 3.03. The van der Waals surface area contributed by atoms with E-state index in [-0.39, 0.29) is 5.56 Å². The van der Waals surface area contributed by atoms with Crippen LogP contribution in [0, 0.1) is 10.5 Å². The lowest BCUT2D eigenvalue weighted by atomic mass is 10.2. The van der Waals surface area contributed by atoms with Crippen LogP contribution < -0.4 is 16.3 Å². The third-order valence-electron chi connectivity index (χ3n) is 3.94. The number of rotatable bonds is 3. The van der Waals surface area contributed by atoms with Crippen LogP contribution in [0.4, 0.5) is 10.5 Å². The molecule has 0 unspecified atom stereocenters. The Kier molecular flexibility index (Phi) is 4.11. The number of hydrogen-bond donors (Lipinski definition) is 1. The van der Waals surface area contributed by atoms with Gasteiger partial charge in [-0.1, -0.05) is 0 Å². The number of H-pyrrole nitrogens is 1. The van der Waals surface area contributed by atoms with Crippen molar-refractivity contribution in [2.45, 2.75) is 6.92 Å². The predicted octanol–water partition coefficient (Wildman–Crippen LogP) is 2.20. The van der Waals surface area contributed by atoms with Crippen LogP contribution in [0.2, 0.25) is 0 Å². The minimum absolute atomic E-state index is 0.177. The normalized spacial score (nSPS) is 12.9. The van der Waals surface area contributed by atoms with Gasteiger partial charge < -0.3 is 0 Å². The van der Waals surface area contributed by atoms with Crippen LogP contribution in [-0.2, 0) is 0 Å². The van der Waals surface area contributed by atoms with Gasteiger partial charge in [0, 0.05) is 15.5 Å². The number of fused-ring (bicyclic) bond motifs is 1. The number of benzene rings is 2. The second-order valence-corrected chi connectivity index (χ2v) is 6.95. The quantitative estimate of drug-likeness (QED) is 0.483. The summed E-state index contributed by atoms with van der Waals surface area (Å²) in [6, 6.07) is 12.2. The number of hydrogen-bond acceptors (Lipinski definition) is 3. The molecule has 0 saturated carbocycles. The van der Waals surface area contributed by atoms with Gasteiger partial charge in [-0.15, -0.1) is 0 Å². The lowest BCUT2D eigenvalue weighted by Crippen LogP contribution is -2.20. The molecule has 2 amide bonds. The van der Waals surface area contributed by atoms with Gasteiger partial charge in [0.15, 0.2) is 0 Å². The second kappa shape index (κ2) is 6.45. The highest BCUT2D eigenvalue weighted by molar-refractivity contribution is 14.1. The molecular weight excluding hydrogens is 445 g/mol. The SMILES string of the molecule is Cc1[nH]n(-c2ccc(I)cc2)c(=O)c1C=Nc1ccc2c(c1)=NC(=O)N=2. The van der Waals surface area contributed by atoms with Crippen LogP contribution in [0.5, 0.6) is 0 Å². The number of carbonyl (C=O) groups excluding carboxylic acids is 1. The van der Waals surface area contributed by atoms with Crippen LogP contribution in [0.3, 0.4) is 0 Å². The number of aromatic nitrogens is 2. The van der Waals surface area contributed by atoms with Crippen molar-refractivity contribution in [3.63, 3.8) is 0 Å². The van der Waals surface area contributed by atoms with Gasteiger partial charge in [0.05, 0.1) is 27.7 Å². The summed E-state index contributed by atoms with van der Waals surface area (Å²) in [7, 11) is 0. The molecule has 8 heteroatoms. The smallest absolute Gasteiger partial charge is 0.295 e. The van der Waals surface area contributed by atoms with Crippen molar-refractivity contribution in [2.24, 2.45) is 15.0 Å². The van der Waals surface area contributed by atoms with Crippen molar-refractivity contribution < 1.29 is 4.79 Å². The number of urea groups is 1. The summed E-state index contributed by atoms with van der Waals surface area (Å²) >= 11 is 2.22. The molecular formula is C18H12IN5O2. The molecule has 4 rings (SSSR count). The van der Waals surface area contributed by atoms with Crippen LogP contribution >= 0.6 is 22.6 Å². The fourth-order valence-electron chi connectivity index (χ4n) is 2.63. The highest BCUT2D eigenvalue weighted by Gasteiger charge is 2.11. The van der Waals surface area contributed by atoms with Crippen molar-refractivity contribution in [3.05, 3.63) is 78.4 Å². The van der Waals surface area contributed by atoms with Crippen LogP contribution in [-0.4, -0.2) is 22.0 Å². The summed E-state index contributed by atoms with van der Waals surface area (Å²) in [5.74, 6) is 0. The lowest BCUT2D eigenvalue weighted by Gasteiger charge is -2.00. The molecule has 7 nitrogen and oxygen atoms in total. The molecule has 0 saturated heterocycles. The molecule has 1 aliphatic heterocycles. The standard InChI is InChI=1S/C18H12IN5O2/c1-10-14(17(25)24(23-10)13-5-2-11(19)3-6-13)9-20-12-4-7-15-16(8-12)22-18(26)21-15/h2-9,23H,1H3. The van der Waals surface area contributed by atoms with Crippen molar-refractivity contribution in [1.82, 2.24) is 9.78 Å². The highest BCUT2D eigenvalue weighted by Crippen LogP contribution is 2.11. The molecule has 3 aromatic rings. The number of nitrogens with zero attached hydrogens (tertiary/aromatic N) is 4. The molecule has 128 valence electrons. The first-order valence-electron chi connectivity index (χ1n) is 7.74. The highest BCUT2D eigenvalue weighted by atomic mass is 127. The van der Waals surface area contributed by atoms with E-state index in [2.05, 4.69) is 42.7 Å². The maximum absolute atomic E-state index is 12.7. The molecule has 0 spiro atoms. The van der Waals surface area contributed by atoms with E-state index in [4.69, 9.17) is 0 Å². The number of amides is 2. The molecule has 0 aliphatic carbocycles. The Morgan fingerprint density at radius 2 is 1.81 bits per heavy atom. The van der Waals surface area contributed by atoms with Crippen molar-refractivity contribution in [3.8, 4) is 5.69 Å². The Balaban J connectivity index is 1.71. The predicted molar refractivity (Wildman–Crippen MR) is 105 cm³/mol. The topological polar surface area (TPSA) is 91.9 Å². The minimum atomic E-state index is -0.511. The van der Waals surface area contributed by atoms with E-state index in [0.29, 0.717) is 27.7 Å². The van der Waals surface area contributed by atoms with Crippen LogP contribution in [0.25, 0.3) is 5.69 Å². The van der Waals surface area contributed by atoms with E-state index in [1.165, 1.54) is 10.9 Å². The first-order chi connectivity index (χ1) is 12.5. The van der Waals surface area contributed by atoms with E-state index in [1.54, 1.807) is 18.2 Å². The minimum Gasteiger partial charge on any atom is -0.295 e. The van der Waals surface area contributed by atoms with Gasteiger partial charge in [0.2, 0.25) is 0 Å². The summed E-state index contributed by atoms with van der Waals surface area (Å²) in [5, 5.41) is 4.09. The Morgan fingerprint density at radius 1 is 1.08 bits per heavy atom. The first-order valence-corrected chi connectivity index (χ1v) is 8.82. The average molecular weight is 457 g/mol. The van der Waals surface area contributed by atoms with Gasteiger partial charge in [-0.25, -0.2) is 9.48 Å². The Morgan fingerprint density at radius 3 is 2.58 bits per heavy atom. The molecule has 1 aromatic heterocycles. The van der Waals surface area contributed by atoms with Gasteiger partial charge >= 0.3 is 6.03 Å². The maximum Gasteiger partial charge on any atom is 0.368 e. The molecule has 26 heavy (non-hydrogen) atoms.